The van der Waals surface area contributed by atoms with Gasteiger partial charge >= 0.3 is 0 Å². The number of hydrogen-bond acceptors (Lipinski definition) is 2. The van der Waals surface area contributed by atoms with E-state index in [1.165, 1.54) is 81.5 Å². The van der Waals surface area contributed by atoms with Crippen LogP contribution < -0.4 is 9.80 Å². The van der Waals surface area contributed by atoms with Crippen LogP contribution in [0.5, 0.6) is 0 Å². The largest absolute Gasteiger partial charge is 0.310 e. The first kappa shape index (κ1) is 43.4. The van der Waals surface area contributed by atoms with Crippen molar-refractivity contribution in [2.75, 3.05) is 9.80 Å². The molecular weight excluding hydrogens is 921 g/mol. The molecule has 0 saturated heterocycles. The zero-order chi connectivity index (χ0) is 50.1. The van der Waals surface area contributed by atoms with E-state index in [0.29, 0.717) is 0 Å². The van der Waals surface area contributed by atoms with Crippen LogP contribution in [-0.4, -0.2) is 9.13 Å². The molecule has 2 aromatic heterocycles. The average Bonchev–Trinajstić information content (AvgIpc) is 4.01. The smallest absolute Gasteiger partial charge is 0.0542 e. The lowest BCUT2D eigenvalue weighted by atomic mass is 9.96. The Kier molecular flexibility index (Phi) is 10.2. The zero-order valence-corrected chi connectivity index (χ0v) is 41.5. The lowest BCUT2D eigenvalue weighted by Gasteiger charge is -2.28. The van der Waals surface area contributed by atoms with E-state index in [4.69, 9.17) is 0 Å². The molecule has 0 spiro atoms. The Morgan fingerprint density at radius 1 is 0.224 bits per heavy atom. The second kappa shape index (κ2) is 17.8. The molecule has 15 rings (SSSR count). The van der Waals surface area contributed by atoms with Crippen LogP contribution >= 0.6 is 0 Å². The molecule has 0 aliphatic carbocycles. The molecule has 0 amide bonds. The summed E-state index contributed by atoms with van der Waals surface area (Å²) in [7, 11) is 0. The number of nitrogens with zero attached hydrogens (tertiary/aromatic N) is 4. The van der Waals surface area contributed by atoms with E-state index in [-0.39, 0.29) is 0 Å². The predicted octanol–water partition coefficient (Wildman–Crippen LogP) is 19.9. The lowest BCUT2D eigenvalue weighted by Crippen LogP contribution is -2.10. The number of hydrogen-bond donors (Lipinski definition) is 0. The van der Waals surface area contributed by atoms with Crippen molar-refractivity contribution in [3.8, 4) is 22.5 Å². The Labute approximate surface area is 440 Å². The molecule has 356 valence electrons. The van der Waals surface area contributed by atoms with Gasteiger partial charge in [-0.1, -0.05) is 176 Å². The summed E-state index contributed by atoms with van der Waals surface area (Å²) in [6.07, 6.45) is 0. The molecule has 0 aliphatic rings. The third-order valence-electron chi connectivity index (χ3n) is 15.4. The summed E-state index contributed by atoms with van der Waals surface area (Å²) in [5.41, 5.74) is 15.9. The molecule has 15 aromatic rings. The first-order valence-electron chi connectivity index (χ1n) is 26.1. The van der Waals surface area contributed by atoms with Crippen LogP contribution in [-0.2, 0) is 0 Å². The van der Waals surface area contributed by atoms with Crippen molar-refractivity contribution in [2.24, 2.45) is 0 Å². The summed E-state index contributed by atoms with van der Waals surface area (Å²) in [5.74, 6) is 0. The molecule has 0 radical (unpaired) electrons. The first-order chi connectivity index (χ1) is 37.7. The molecule has 0 bridgehead atoms. The Hall–Kier alpha value is -10.2. The normalized spacial score (nSPS) is 11.7. The highest BCUT2D eigenvalue weighted by molar-refractivity contribution is 6.13. The van der Waals surface area contributed by atoms with Crippen molar-refractivity contribution in [3.63, 3.8) is 0 Å². The quantitative estimate of drug-likeness (QED) is 0.143. The molecule has 13 aromatic carbocycles. The highest BCUT2D eigenvalue weighted by Gasteiger charge is 2.22. The third-order valence-corrected chi connectivity index (χ3v) is 15.4. The second-order valence-electron chi connectivity index (χ2n) is 19.7. The molecular formula is C72H48N4. The van der Waals surface area contributed by atoms with Gasteiger partial charge in [0.25, 0.3) is 0 Å². The monoisotopic (exact) mass is 968 g/mol. The molecule has 0 unspecified atom stereocenters. The SMILES string of the molecule is c1ccc(-n2c3ccccc3c3cc(N(c4ccc(-c5cccc6c(N(c7ccc8ccccc8c7)c7ccc8c(c7)c7ccccc7n8-c7ccccc7)cccc56)cc4)c4ccc5ccccc5c4)ccc32)cc1. The van der Waals surface area contributed by atoms with Gasteiger partial charge < -0.3 is 18.9 Å². The Bertz CT molecular complexity index is 4700. The maximum Gasteiger partial charge on any atom is 0.0542 e. The van der Waals surface area contributed by atoms with Crippen LogP contribution in [0.1, 0.15) is 0 Å². The number of rotatable bonds is 9. The summed E-state index contributed by atoms with van der Waals surface area (Å²) < 4.78 is 4.76. The minimum atomic E-state index is 1.08. The molecule has 4 nitrogen and oxygen atoms in total. The first-order valence-corrected chi connectivity index (χ1v) is 26.1. The maximum absolute atomic E-state index is 2.45. The Morgan fingerprint density at radius 2 is 0.632 bits per heavy atom. The van der Waals surface area contributed by atoms with Crippen molar-refractivity contribution < 1.29 is 0 Å². The molecule has 0 aliphatic heterocycles. The Balaban J connectivity index is 0.870. The van der Waals surface area contributed by atoms with Gasteiger partial charge in [0.2, 0.25) is 0 Å². The molecule has 0 fully saturated rings. The summed E-state index contributed by atoms with van der Waals surface area (Å²) in [4.78, 5) is 4.85. The van der Waals surface area contributed by atoms with Crippen molar-refractivity contribution in [2.45, 2.75) is 0 Å². The van der Waals surface area contributed by atoms with Crippen molar-refractivity contribution >= 4 is 110 Å². The van der Waals surface area contributed by atoms with E-state index < -0.39 is 0 Å². The molecule has 4 heteroatoms. The second-order valence-corrected chi connectivity index (χ2v) is 19.7. The van der Waals surface area contributed by atoms with Crippen molar-refractivity contribution in [1.29, 1.82) is 0 Å². The van der Waals surface area contributed by atoms with Gasteiger partial charge in [-0.25, -0.2) is 0 Å². The van der Waals surface area contributed by atoms with Crippen molar-refractivity contribution in [1.82, 2.24) is 9.13 Å². The predicted molar refractivity (Wildman–Crippen MR) is 322 cm³/mol. The molecule has 0 atom stereocenters. The van der Waals surface area contributed by atoms with Gasteiger partial charge in [-0.2, -0.15) is 0 Å². The molecule has 76 heavy (non-hydrogen) atoms. The van der Waals surface area contributed by atoms with Crippen LogP contribution in [0.2, 0.25) is 0 Å². The van der Waals surface area contributed by atoms with Crippen molar-refractivity contribution in [3.05, 3.63) is 291 Å². The summed E-state index contributed by atoms with van der Waals surface area (Å²) in [6.45, 7) is 0. The minimum Gasteiger partial charge on any atom is -0.310 e. The van der Waals surface area contributed by atoms with E-state index in [0.717, 1.165) is 51.1 Å². The fourth-order valence-corrected chi connectivity index (χ4v) is 11.9. The van der Waals surface area contributed by atoms with Gasteiger partial charge in [0.05, 0.1) is 27.8 Å². The van der Waals surface area contributed by atoms with E-state index in [1.807, 2.05) is 0 Å². The van der Waals surface area contributed by atoms with E-state index in [1.54, 1.807) is 0 Å². The maximum atomic E-state index is 2.45. The van der Waals surface area contributed by atoms with Gasteiger partial charge in [0.15, 0.2) is 0 Å². The lowest BCUT2D eigenvalue weighted by molar-refractivity contribution is 1.18. The van der Waals surface area contributed by atoms with Crippen LogP contribution in [0.3, 0.4) is 0 Å². The minimum absolute atomic E-state index is 1.08. The molecule has 0 saturated carbocycles. The summed E-state index contributed by atoms with van der Waals surface area (Å²) in [6, 6.07) is 106. The van der Waals surface area contributed by atoms with Crippen LogP contribution in [0.4, 0.5) is 34.1 Å². The van der Waals surface area contributed by atoms with E-state index in [2.05, 4.69) is 310 Å². The number of aromatic nitrogens is 2. The summed E-state index contributed by atoms with van der Waals surface area (Å²) >= 11 is 0. The summed E-state index contributed by atoms with van der Waals surface area (Å²) in [5, 5.41) is 12.1. The van der Waals surface area contributed by atoms with Gasteiger partial charge in [0, 0.05) is 66.7 Å². The van der Waals surface area contributed by atoms with Gasteiger partial charge in [-0.05, 0) is 153 Å². The van der Waals surface area contributed by atoms with Crippen LogP contribution in [0, 0.1) is 0 Å². The van der Waals surface area contributed by atoms with Gasteiger partial charge in [0.1, 0.15) is 0 Å². The average molecular weight is 969 g/mol. The van der Waals surface area contributed by atoms with E-state index in [9.17, 15) is 0 Å². The number of para-hydroxylation sites is 4. The number of anilines is 6. The fourth-order valence-electron chi connectivity index (χ4n) is 11.9. The highest BCUT2D eigenvalue weighted by atomic mass is 15.2. The number of fused-ring (bicyclic) bond motifs is 9. The fraction of sp³-hybridized carbons (Fsp3) is 0. The zero-order valence-electron chi connectivity index (χ0n) is 41.5. The Morgan fingerprint density at radius 3 is 1.21 bits per heavy atom. The number of benzene rings is 13. The van der Waals surface area contributed by atoms with Crippen LogP contribution in [0.15, 0.2) is 291 Å². The standard InChI is InChI=1S/C72H48N4/c1-3-21-54(22-4-1)75-69-30-13-11-25-64(69)66-47-59(41-43-71(66)75)73(57-39-33-49-17-7-9-19-52(49)45-57)56-37-35-51(36-38-56)61-27-15-29-63-62(61)28-16-32-68(63)74(58-40-34-50-18-8-10-20-53(50)46-58)60-42-44-72-67(48-60)65-26-12-14-31-70(65)76(72)55-23-5-2-6-24-55/h1-48H. The molecule has 2 heterocycles. The molecule has 0 N–H and O–H groups in total. The van der Waals surface area contributed by atoms with Gasteiger partial charge in [-0.15, -0.1) is 0 Å². The topological polar surface area (TPSA) is 16.3 Å². The van der Waals surface area contributed by atoms with Crippen LogP contribution in [0.25, 0.3) is 98.4 Å². The third kappa shape index (κ3) is 7.14. The van der Waals surface area contributed by atoms with Gasteiger partial charge in [-0.3, -0.25) is 0 Å². The highest BCUT2D eigenvalue weighted by Crippen LogP contribution is 2.46. The van der Waals surface area contributed by atoms with E-state index >= 15 is 0 Å².